The van der Waals surface area contributed by atoms with Crippen LogP contribution < -0.4 is 0 Å². The number of benzene rings is 1. The zero-order valence-electron chi connectivity index (χ0n) is 6.90. The first-order chi connectivity index (χ1) is 6.88. The highest BCUT2D eigenvalue weighted by atomic mass is 35.5. The third-order valence-corrected chi connectivity index (χ3v) is 2.22. The lowest BCUT2D eigenvalue weighted by Gasteiger charge is -2.11. The third-order valence-electron chi connectivity index (χ3n) is 1.52. The van der Waals surface area contributed by atoms with Gasteiger partial charge in [0.25, 0.3) is 0 Å². The Kier molecular flexibility index (Phi) is 3.39. The molecule has 1 rings (SSSR count). The minimum absolute atomic E-state index is 0.316. The molecular formula is C8H2Cl2F3NO. The van der Waals surface area contributed by atoms with E-state index in [-0.39, 0.29) is 5.69 Å². The number of rotatable bonds is 1. The fraction of sp³-hybridized carbons (Fsp3) is 0.125. The van der Waals surface area contributed by atoms with E-state index in [9.17, 15) is 18.0 Å². The van der Waals surface area contributed by atoms with E-state index in [1.165, 1.54) is 0 Å². The van der Waals surface area contributed by atoms with Crippen LogP contribution in [0.3, 0.4) is 0 Å². The second-order valence-electron chi connectivity index (χ2n) is 2.46. The molecule has 0 aromatic heterocycles. The van der Waals surface area contributed by atoms with E-state index in [1.807, 2.05) is 0 Å². The Bertz CT molecular complexity index is 438. The molecular weight excluding hydrogens is 254 g/mol. The molecule has 0 unspecified atom stereocenters. The topological polar surface area (TPSA) is 29.4 Å². The number of halogens is 5. The van der Waals surface area contributed by atoms with E-state index < -0.39 is 21.8 Å². The molecule has 0 aliphatic rings. The molecule has 0 bridgehead atoms. The first-order valence-electron chi connectivity index (χ1n) is 3.51. The quantitative estimate of drug-likeness (QED) is 0.552. The predicted octanol–water partition coefficient (Wildman–Crippen LogP) is 3.98. The third kappa shape index (κ3) is 2.50. The van der Waals surface area contributed by atoms with E-state index in [0.717, 1.165) is 18.2 Å². The number of carbonyl (C=O) groups excluding carboxylic acids is 1. The molecule has 7 heteroatoms. The highest BCUT2D eigenvalue weighted by Gasteiger charge is 2.36. The molecule has 1 aromatic rings. The smallest absolute Gasteiger partial charge is 0.211 e. The van der Waals surface area contributed by atoms with E-state index in [1.54, 1.807) is 0 Å². The molecule has 0 amide bonds. The molecule has 0 aliphatic heterocycles. The standard InChI is InChI=1S/C8H2Cl2F3NO/c9-4-1-2-5(14-3-15)7(10)6(4)8(11,12)13/h1-2H. The second-order valence-corrected chi connectivity index (χ2v) is 3.24. The van der Waals surface area contributed by atoms with Crippen LogP contribution in [-0.2, 0) is 11.0 Å². The van der Waals surface area contributed by atoms with Crippen molar-refractivity contribution in [2.24, 2.45) is 4.99 Å². The Morgan fingerprint density at radius 1 is 1.27 bits per heavy atom. The lowest BCUT2D eigenvalue weighted by atomic mass is 10.2. The maximum absolute atomic E-state index is 12.4. The predicted molar refractivity (Wildman–Crippen MR) is 49.2 cm³/mol. The van der Waals surface area contributed by atoms with Gasteiger partial charge in [-0.05, 0) is 12.1 Å². The van der Waals surface area contributed by atoms with E-state index in [0.29, 0.717) is 0 Å². The molecule has 0 saturated carbocycles. The second kappa shape index (κ2) is 4.23. The molecule has 0 spiro atoms. The summed E-state index contributed by atoms with van der Waals surface area (Å²) in [5.74, 6) is 0. The molecule has 15 heavy (non-hydrogen) atoms. The Labute approximate surface area is 92.3 Å². The fourth-order valence-corrected chi connectivity index (χ4v) is 1.56. The van der Waals surface area contributed by atoms with Gasteiger partial charge < -0.3 is 0 Å². The van der Waals surface area contributed by atoms with Crippen molar-refractivity contribution in [1.29, 1.82) is 0 Å². The highest BCUT2D eigenvalue weighted by molar-refractivity contribution is 6.37. The summed E-state index contributed by atoms with van der Waals surface area (Å²) in [6, 6.07) is 2.07. The zero-order chi connectivity index (χ0) is 11.6. The van der Waals surface area contributed by atoms with Gasteiger partial charge in [0.15, 0.2) is 0 Å². The van der Waals surface area contributed by atoms with Crippen molar-refractivity contribution in [2.75, 3.05) is 0 Å². The Hall–Kier alpha value is -1.03. The van der Waals surface area contributed by atoms with Crippen molar-refractivity contribution in [3.63, 3.8) is 0 Å². The van der Waals surface area contributed by atoms with Gasteiger partial charge in [0.2, 0.25) is 6.08 Å². The number of aliphatic imine (C=N–C) groups is 1. The van der Waals surface area contributed by atoms with Crippen molar-refractivity contribution in [3.05, 3.63) is 27.7 Å². The molecule has 0 heterocycles. The van der Waals surface area contributed by atoms with Crippen LogP contribution in [0.5, 0.6) is 0 Å². The van der Waals surface area contributed by atoms with Gasteiger partial charge in [-0.1, -0.05) is 23.2 Å². The van der Waals surface area contributed by atoms with Gasteiger partial charge in [0.05, 0.1) is 21.3 Å². The van der Waals surface area contributed by atoms with E-state index >= 15 is 0 Å². The van der Waals surface area contributed by atoms with Crippen LogP contribution in [0.2, 0.25) is 10.0 Å². The van der Waals surface area contributed by atoms with Gasteiger partial charge in [-0.2, -0.15) is 18.2 Å². The van der Waals surface area contributed by atoms with Crippen LogP contribution in [0.4, 0.5) is 18.9 Å². The molecule has 0 radical (unpaired) electrons. The lowest BCUT2D eigenvalue weighted by Crippen LogP contribution is -2.06. The van der Waals surface area contributed by atoms with Crippen LogP contribution in [0.25, 0.3) is 0 Å². The molecule has 0 saturated heterocycles. The van der Waals surface area contributed by atoms with Crippen LogP contribution >= 0.6 is 23.2 Å². The van der Waals surface area contributed by atoms with E-state index in [4.69, 9.17) is 23.2 Å². The Morgan fingerprint density at radius 2 is 1.87 bits per heavy atom. The summed E-state index contributed by atoms with van der Waals surface area (Å²) in [5.41, 5.74) is -1.52. The number of nitrogens with zero attached hydrogens (tertiary/aromatic N) is 1. The average Bonchev–Trinajstić information content (AvgIpc) is 2.08. The molecule has 1 aromatic carbocycles. The Balaban J connectivity index is 3.50. The van der Waals surface area contributed by atoms with Crippen molar-refractivity contribution < 1.29 is 18.0 Å². The van der Waals surface area contributed by atoms with Crippen LogP contribution in [0, 0.1) is 0 Å². The van der Waals surface area contributed by atoms with Crippen molar-refractivity contribution in [1.82, 2.24) is 0 Å². The SMILES string of the molecule is O=C=Nc1ccc(Cl)c(C(F)(F)F)c1Cl. The minimum Gasteiger partial charge on any atom is -0.211 e. The molecule has 80 valence electrons. The lowest BCUT2D eigenvalue weighted by molar-refractivity contribution is -0.137. The van der Waals surface area contributed by atoms with Gasteiger partial charge in [0, 0.05) is 0 Å². The van der Waals surface area contributed by atoms with Gasteiger partial charge in [-0.3, -0.25) is 0 Å². The molecule has 2 nitrogen and oxygen atoms in total. The van der Waals surface area contributed by atoms with Crippen molar-refractivity contribution >= 4 is 35.0 Å². The monoisotopic (exact) mass is 255 g/mol. The molecule has 0 N–H and O–H groups in total. The number of hydrogen-bond donors (Lipinski definition) is 0. The van der Waals surface area contributed by atoms with E-state index in [2.05, 4.69) is 4.99 Å². The maximum Gasteiger partial charge on any atom is 0.419 e. The fourth-order valence-electron chi connectivity index (χ4n) is 0.937. The number of isocyanates is 1. The van der Waals surface area contributed by atoms with Crippen LogP contribution in [0.15, 0.2) is 17.1 Å². The largest absolute Gasteiger partial charge is 0.419 e. The average molecular weight is 256 g/mol. The highest BCUT2D eigenvalue weighted by Crippen LogP contribution is 2.43. The minimum atomic E-state index is -4.69. The van der Waals surface area contributed by atoms with Gasteiger partial charge in [0.1, 0.15) is 0 Å². The van der Waals surface area contributed by atoms with Crippen LogP contribution in [0.1, 0.15) is 5.56 Å². The van der Waals surface area contributed by atoms with Crippen LogP contribution in [-0.4, -0.2) is 6.08 Å². The van der Waals surface area contributed by atoms with Crippen molar-refractivity contribution in [3.8, 4) is 0 Å². The van der Waals surface area contributed by atoms with Crippen molar-refractivity contribution in [2.45, 2.75) is 6.18 Å². The first-order valence-corrected chi connectivity index (χ1v) is 4.26. The summed E-state index contributed by atoms with van der Waals surface area (Å²) in [5, 5.41) is -1.25. The summed E-state index contributed by atoms with van der Waals surface area (Å²) in [7, 11) is 0. The van der Waals surface area contributed by atoms with Gasteiger partial charge >= 0.3 is 6.18 Å². The molecule has 0 atom stereocenters. The Morgan fingerprint density at radius 3 is 2.33 bits per heavy atom. The summed E-state index contributed by atoms with van der Waals surface area (Å²) in [6.45, 7) is 0. The summed E-state index contributed by atoms with van der Waals surface area (Å²) < 4.78 is 37.3. The summed E-state index contributed by atoms with van der Waals surface area (Å²) in [4.78, 5) is 12.9. The van der Waals surface area contributed by atoms with Gasteiger partial charge in [-0.25, -0.2) is 4.79 Å². The van der Waals surface area contributed by atoms with Gasteiger partial charge in [-0.15, -0.1) is 0 Å². The zero-order valence-corrected chi connectivity index (χ0v) is 8.41. The number of hydrogen-bond acceptors (Lipinski definition) is 2. The maximum atomic E-state index is 12.4. The summed E-state index contributed by atoms with van der Waals surface area (Å²) in [6.07, 6.45) is -3.59. The summed E-state index contributed by atoms with van der Waals surface area (Å²) >= 11 is 10.7. The normalized spacial score (nSPS) is 11.0. The molecule has 0 fully saturated rings. The molecule has 0 aliphatic carbocycles. The number of alkyl halides is 3. The first kappa shape index (κ1) is 12.0.